The van der Waals surface area contributed by atoms with Crippen molar-refractivity contribution >= 4 is 17.5 Å². The minimum Gasteiger partial charge on any atom is -0.369 e. The number of halogens is 1. The molecule has 0 aliphatic heterocycles. The molecule has 0 atom stereocenters. The van der Waals surface area contributed by atoms with Crippen LogP contribution in [0.3, 0.4) is 0 Å². The first-order chi connectivity index (χ1) is 7.25. The largest absolute Gasteiger partial charge is 0.369 e. The molecule has 2 heterocycles. The number of hydrogen-bond acceptors (Lipinski definition) is 4. The number of imidazole rings is 1. The Hall–Kier alpha value is -1.62. The smallest absolute Gasteiger partial charge is 0.197 e. The van der Waals surface area contributed by atoms with E-state index < -0.39 is 0 Å². The Morgan fingerprint density at radius 3 is 2.80 bits per heavy atom. The van der Waals surface area contributed by atoms with Crippen LogP contribution in [0, 0.1) is 0 Å². The number of H-pyrrole nitrogens is 1. The van der Waals surface area contributed by atoms with Crippen LogP contribution in [0.25, 0.3) is 0 Å². The molecule has 0 aliphatic carbocycles. The molecule has 0 spiro atoms. The zero-order valence-electron chi connectivity index (χ0n) is 7.94. The van der Waals surface area contributed by atoms with Crippen LogP contribution >= 0.6 is 11.6 Å². The summed E-state index contributed by atoms with van der Waals surface area (Å²) in [5.41, 5.74) is 7.36. The van der Waals surface area contributed by atoms with Gasteiger partial charge in [-0.1, -0.05) is 11.6 Å². The molecule has 2 rings (SSSR count). The van der Waals surface area contributed by atoms with Crippen LogP contribution in [0.5, 0.6) is 0 Å². The van der Waals surface area contributed by atoms with Gasteiger partial charge in [0.25, 0.3) is 0 Å². The number of rotatable bonds is 3. The van der Waals surface area contributed by atoms with Gasteiger partial charge >= 0.3 is 0 Å². The third kappa shape index (κ3) is 2.44. The summed E-state index contributed by atoms with van der Waals surface area (Å²) >= 11 is 5.89. The molecule has 0 amide bonds. The van der Waals surface area contributed by atoms with E-state index in [0.717, 1.165) is 24.1 Å². The van der Waals surface area contributed by atoms with E-state index in [-0.39, 0.29) is 0 Å². The second kappa shape index (κ2) is 4.27. The maximum atomic E-state index is 5.89. The van der Waals surface area contributed by atoms with Crippen molar-refractivity contribution in [3.8, 4) is 0 Å². The first-order valence-electron chi connectivity index (χ1n) is 4.49. The molecule has 15 heavy (non-hydrogen) atoms. The zero-order chi connectivity index (χ0) is 10.7. The number of nitrogen functional groups attached to an aromatic ring is 1. The molecule has 0 saturated heterocycles. The highest BCUT2D eigenvalue weighted by Crippen LogP contribution is 2.13. The van der Waals surface area contributed by atoms with Crippen molar-refractivity contribution < 1.29 is 0 Å². The maximum Gasteiger partial charge on any atom is 0.197 e. The van der Waals surface area contributed by atoms with E-state index in [9.17, 15) is 0 Å². The van der Waals surface area contributed by atoms with Crippen molar-refractivity contribution in [2.45, 2.75) is 12.8 Å². The SMILES string of the molecule is Nc1ncc(CCc2cncnc2Cl)[nH]1. The van der Waals surface area contributed by atoms with E-state index in [1.54, 1.807) is 12.4 Å². The molecule has 0 bridgehead atoms. The van der Waals surface area contributed by atoms with Crippen LogP contribution in [0.2, 0.25) is 5.15 Å². The second-order valence-electron chi connectivity index (χ2n) is 3.13. The number of nitrogens with one attached hydrogen (secondary N) is 1. The molecule has 3 N–H and O–H groups in total. The Kier molecular flexibility index (Phi) is 2.82. The molecule has 0 radical (unpaired) electrons. The fraction of sp³-hybridized carbons (Fsp3) is 0.222. The molecule has 5 nitrogen and oxygen atoms in total. The highest BCUT2D eigenvalue weighted by Gasteiger charge is 2.03. The van der Waals surface area contributed by atoms with Gasteiger partial charge in [-0.2, -0.15) is 0 Å². The fourth-order valence-electron chi connectivity index (χ4n) is 1.28. The van der Waals surface area contributed by atoms with Crippen LogP contribution in [0.4, 0.5) is 5.95 Å². The van der Waals surface area contributed by atoms with Crippen LogP contribution in [0.1, 0.15) is 11.3 Å². The summed E-state index contributed by atoms with van der Waals surface area (Å²) < 4.78 is 0. The molecule has 0 unspecified atom stereocenters. The van der Waals surface area contributed by atoms with Gasteiger partial charge in [0.05, 0.1) is 6.20 Å². The molecule has 0 aliphatic rings. The van der Waals surface area contributed by atoms with E-state index in [4.69, 9.17) is 17.3 Å². The van der Waals surface area contributed by atoms with Gasteiger partial charge in [0.2, 0.25) is 0 Å². The summed E-state index contributed by atoms with van der Waals surface area (Å²) in [5.74, 6) is 0.431. The molecule has 6 heteroatoms. The zero-order valence-corrected chi connectivity index (χ0v) is 8.70. The van der Waals surface area contributed by atoms with Gasteiger partial charge in [-0.05, 0) is 12.8 Å². The highest BCUT2D eigenvalue weighted by molar-refractivity contribution is 6.30. The van der Waals surface area contributed by atoms with Gasteiger partial charge in [0.1, 0.15) is 11.5 Å². The predicted molar refractivity (Wildman–Crippen MR) is 57.5 cm³/mol. The maximum absolute atomic E-state index is 5.89. The van der Waals surface area contributed by atoms with Crippen molar-refractivity contribution in [3.05, 3.63) is 35.1 Å². The van der Waals surface area contributed by atoms with Gasteiger partial charge in [0.15, 0.2) is 5.95 Å². The fourth-order valence-corrected chi connectivity index (χ4v) is 1.47. The second-order valence-corrected chi connectivity index (χ2v) is 3.49. The van der Waals surface area contributed by atoms with Gasteiger partial charge in [-0.3, -0.25) is 0 Å². The van der Waals surface area contributed by atoms with Gasteiger partial charge in [0, 0.05) is 17.5 Å². The van der Waals surface area contributed by atoms with Crippen LogP contribution in [-0.2, 0) is 12.8 Å². The molecule has 2 aromatic heterocycles. The predicted octanol–water partition coefficient (Wildman–Crippen LogP) is 1.22. The minimum absolute atomic E-state index is 0.431. The Bertz CT molecular complexity index is 453. The third-order valence-corrected chi connectivity index (χ3v) is 2.39. The lowest BCUT2D eigenvalue weighted by atomic mass is 10.1. The Labute approximate surface area is 91.7 Å². The molecular weight excluding hydrogens is 214 g/mol. The molecule has 0 saturated carbocycles. The third-order valence-electron chi connectivity index (χ3n) is 2.04. The lowest BCUT2D eigenvalue weighted by Gasteiger charge is -2.00. The average molecular weight is 224 g/mol. The van der Waals surface area contributed by atoms with Crippen LogP contribution < -0.4 is 5.73 Å². The first-order valence-corrected chi connectivity index (χ1v) is 4.87. The number of nitrogens with two attached hydrogens (primary N) is 1. The molecule has 0 fully saturated rings. The quantitative estimate of drug-likeness (QED) is 0.767. The molecule has 0 aromatic carbocycles. The molecule has 78 valence electrons. The average Bonchev–Trinajstić information content (AvgIpc) is 2.63. The van der Waals surface area contributed by atoms with E-state index in [1.807, 2.05) is 0 Å². The number of anilines is 1. The number of aromatic nitrogens is 4. The standard InChI is InChI=1S/C9H10ClN5/c10-8-6(3-12-5-14-8)1-2-7-4-13-9(11)15-7/h3-5H,1-2H2,(H3,11,13,15). The number of hydrogen-bond donors (Lipinski definition) is 2. The van der Waals surface area contributed by atoms with Crippen LogP contribution in [0.15, 0.2) is 18.7 Å². The van der Waals surface area contributed by atoms with Crippen molar-refractivity contribution in [2.24, 2.45) is 0 Å². The normalized spacial score (nSPS) is 10.5. The summed E-state index contributed by atoms with van der Waals surface area (Å²) in [6, 6.07) is 0. The minimum atomic E-state index is 0.431. The Balaban J connectivity index is 2.02. The summed E-state index contributed by atoms with van der Waals surface area (Å²) in [4.78, 5) is 14.7. The van der Waals surface area contributed by atoms with E-state index in [1.165, 1.54) is 6.33 Å². The summed E-state index contributed by atoms with van der Waals surface area (Å²) in [6.45, 7) is 0. The Morgan fingerprint density at radius 1 is 1.27 bits per heavy atom. The lowest BCUT2D eigenvalue weighted by molar-refractivity contribution is 0.906. The number of aromatic amines is 1. The van der Waals surface area contributed by atoms with Crippen molar-refractivity contribution in [1.29, 1.82) is 0 Å². The van der Waals surface area contributed by atoms with Gasteiger partial charge < -0.3 is 10.7 Å². The van der Waals surface area contributed by atoms with E-state index in [0.29, 0.717) is 11.1 Å². The molecular formula is C9H10ClN5. The first kappa shape index (κ1) is 9.92. The Morgan fingerprint density at radius 2 is 2.13 bits per heavy atom. The summed E-state index contributed by atoms with van der Waals surface area (Å²) in [5, 5.41) is 0.498. The van der Waals surface area contributed by atoms with Gasteiger partial charge in [-0.15, -0.1) is 0 Å². The van der Waals surface area contributed by atoms with E-state index in [2.05, 4.69) is 19.9 Å². The van der Waals surface area contributed by atoms with Gasteiger partial charge in [-0.25, -0.2) is 15.0 Å². The van der Waals surface area contributed by atoms with Crippen molar-refractivity contribution in [2.75, 3.05) is 5.73 Å². The van der Waals surface area contributed by atoms with E-state index >= 15 is 0 Å². The molecule has 2 aromatic rings. The number of aryl methyl sites for hydroxylation is 2. The summed E-state index contributed by atoms with van der Waals surface area (Å²) in [7, 11) is 0. The topological polar surface area (TPSA) is 80.5 Å². The number of nitrogens with zero attached hydrogens (tertiary/aromatic N) is 3. The monoisotopic (exact) mass is 223 g/mol. The summed E-state index contributed by atoms with van der Waals surface area (Å²) in [6.07, 6.45) is 6.42. The lowest BCUT2D eigenvalue weighted by Crippen LogP contribution is -1.95. The highest BCUT2D eigenvalue weighted by atomic mass is 35.5. The van der Waals surface area contributed by atoms with Crippen LogP contribution in [-0.4, -0.2) is 19.9 Å². The van der Waals surface area contributed by atoms with Crippen molar-refractivity contribution in [3.63, 3.8) is 0 Å². The van der Waals surface area contributed by atoms with Crippen molar-refractivity contribution in [1.82, 2.24) is 19.9 Å².